The van der Waals surface area contributed by atoms with Crippen molar-refractivity contribution in [2.75, 3.05) is 0 Å². The van der Waals surface area contributed by atoms with Crippen LogP contribution in [-0.4, -0.2) is 15.0 Å². The van der Waals surface area contributed by atoms with Crippen molar-refractivity contribution in [3.63, 3.8) is 0 Å². The van der Waals surface area contributed by atoms with Crippen LogP contribution in [0.5, 0.6) is 0 Å². The van der Waals surface area contributed by atoms with E-state index in [9.17, 15) is 0 Å². The summed E-state index contributed by atoms with van der Waals surface area (Å²) in [5.74, 6) is 0. The summed E-state index contributed by atoms with van der Waals surface area (Å²) in [5, 5.41) is 1.17. The Bertz CT molecular complexity index is 463. The number of fused-ring (bicyclic) bond motifs is 1. The minimum Gasteiger partial charge on any atom is -0.346 e. The van der Waals surface area contributed by atoms with Crippen LogP contribution in [0.4, 0.5) is 0 Å². The first-order valence-corrected chi connectivity index (χ1v) is 4.79. The molecule has 0 radical (unpaired) electrons. The normalized spacial score (nSPS) is 12.3. The topological polar surface area (TPSA) is 41.6 Å². The van der Waals surface area contributed by atoms with Gasteiger partial charge in [0.1, 0.15) is 12.0 Å². The second-order valence-corrected chi connectivity index (χ2v) is 4.67. The number of aromatic nitrogens is 3. The van der Waals surface area contributed by atoms with Gasteiger partial charge in [0, 0.05) is 17.0 Å². The van der Waals surface area contributed by atoms with Crippen LogP contribution in [0.1, 0.15) is 32.0 Å². The van der Waals surface area contributed by atoms with Gasteiger partial charge in [0.05, 0.1) is 5.69 Å². The first-order valence-electron chi connectivity index (χ1n) is 4.79. The molecule has 0 amide bonds. The van der Waals surface area contributed by atoms with E-state index in [1.54, 1.807) is 6.33 Å². The summed E-state index contributed by atoms with van der Waals surface area (Å²) in [6.07, 6.45) is 3.60. The summed E-state index contributed by atoms with van der Waals surface area (Å²) in [6.45, 7) is 8.58. The molecule has 3 nitrogen and oxygen atoms in total. The van der Waals surface area contributed by atoms with E-state index in [1.165, 1.54) is 10.9 Å². The first kappa shape index (κ1) is 9.19. The third-order valence-corrected chi connectivity index (χ3v) is 2.38. The van der Waals surface area contributed by atoms with Crippen molar-refractivity contribution in [2.24, 2.45) is 0 Å². The molecule has 2 heterocycles. The van der Waals surface area contributed by atoms with Gasteiger partial charge < -0.3 is 4.98 Å². The highest BCUT2D eigenvalue weighted by Crippen LogP contribution is 2.28. The fraction of sp³-hybridized carbons (Fsp3) is 0.455. The molecule has 1 N–H and O–H groups in total. The van der Waals surface area contributed by atoms with Gasteiger partial charge in [-0.05, 0) is 12.5 Å². The molecule has 0 unspecified atom stereocenters. The van der Waals surface area contributed by atoms with Gasteiger partial charge in [-0.1, -0.05) is 20.8 Å². The molecule has 0 atom stereocenters. The number of hydrogen-bond acceptors (Lipinski definition) is 2. The molecule has 0 aliphatic heterocycles. The van der Waals surface area contributed by atoms with E-state index >= 15 is 0 Å². The SMILES string of the molecule is Cc1c[nH]c2ncnc(C(C)(C)C)c12. The highest BCUT2D eigenvalue weighted by Gasteiger charge is 2.20. The van der Waals surface area contributed by atoms with Crippen molar-refractivity contribution < 1.29 is 0 Å². The molecule has 2 rings (SSSR count). The highest BCUT2D eigenvalue weighted by atomic mass is 14.9. The van der Waals surface area contributed by atoms with Crippen molar-refractivity contribution in [3.8, 4) is 0 Å². The zero-order valence-corrected chi connectivity index (χ0v) is 9.05. The standard InChI is InChI=1S/C11H15N3/c1-7-5-12-10-8(7)9(11(2,3)4)13-6-14-10/h5-6H,1-4H3,(H,12,13,14). The number of H-pyrrole nitrogens is 1. The minimum atomic E-state index is 0.0636. The van der Waals surface area contributed by atoms with Gasteiger partial charge in [-0.2, -0.15) is 0 Å². The largest absolute Gasteiger partial charge is 0.346 e. The van der Waals surface area contributed by atoms with Crippen molar-refractivity contribution >= 4 is 11.0 Å². The molecule has 0 aromatic carbocycles. The number of aryl methyl sites for hydroxylation is 1. The third kappa shape index (κ3) is 1.29. The molecule has 0 spiro atoms. The van der Waals surface area contributed by atoms with E-state index < -0.39 is 0 Å². The second kappa shape index (κ2) is 2.80. The zero-order valence-electron chi connectivity index (χ0n) is 9.05. The molecule has 0 saturated heterocycles. The van der Waals surface area contributed by atoms with Gasteiger partial charge in [0.2, 0.25) is 0 Å². The van der Waals surface area contributed by atoms with Crippen LogP contribution < -0.4 is 0 Å². The van der Waals surface area contributed by atoms with Crippen molar-refractivity contribution in [2.45, 2.75) is 33.1 Å². The predicted molar refractivity (Wildman–Crippen MR) is 57.3 cm³/mol. The van der Waals surface area contributed by atoms with E-state index in [1.807, 2.05) is 6.20 Å². The van der Waals surface area contributed by atoms with Crippen molar-refractivity contribution in [1.82, 2.24) is 15.0 Å². The lowest BCUT2D eigenvalue weighted by Gasteiger charge is -2.18. The lowest BCUT2D eigenvalue weighted by molar-refractivity contribution is 0.574. The molecule has 0 aliphatic rings. The van der Waals surface area contributed by atoms with Crippen molar-refractivity contribution in [1.29, 1.82) is 0 Å². The lowest BCUT2D eigenvalue weighted by Crippen LogP contribution is -2.14. The van der Waals surface area contributed by atoms with Crippen LogP contribution in [0.25, 0.3) is 11.0 Å². The summed E-state index contributed by atoms with van der Waals surface area (Å²) >= 11 is 0. The molecule has 0 bridgehead atoms. The van der Waals surface area contributed by atoms with Gasteiger partial charge in [0.15, 0.2) is 0 Å². The number of hydrogen-bond donors (Lipinski definition) is 1. The predicted octanol–water partition coefficient (Wildman–Crippen LogP) is 2.56. The molecule has 0 aliphatic carbocycles. The van der Waals surface area contributed by atoms with E-state index in [-0.39, 0.29) is 5.41 Å². The van der Waals surface area contributed by atoms with Gasteiger partial charge in [0.25, 0.3) is 0 Å². The number of aromatic amines is 1. The summed E-state index contributed by atoms with van der Waals surface area (Å²) in [7, 11) is 0. The molecule has 0 saturated carbocycles. The molecule has 2 aromatic rings. The molecule has 74 valence electrons. The summed E-state index contributed by atoms with van der Waals surface area (Å²) in [6, 6.07) is 0. The Balaban J connectivity index is 2.82. The van der Waals surface area contributed by atoms with Gasteiger partial charge in [-0.3, -0.25) is 0 Å². The second-order valence-electron chi connectivity index (χ2n) is 4.67. The molecule has 2 aromatic heterocycles. The monoisotopic (exact) mass is 189 g/mol. The van der Waals surface area contributed by atoms with E-state index in [2.05, 4.69) is 42.6 Å². The lowest BCUT2D eigenvalue weighted by atomic mass is 9.89. The molecule has 0 fully saturated rings. The smallest absolute Gasteiger partial charge is 0.141 e. The van der Waals surface area contributed by atoms with Gasteiger partial charge in [-0.25, -0.2) is 9.97 Å². The number of nitrogens with zero attached hydrogens (tertiary/aromatic N) is 2. The van der Waals surface area contributed by atoms with E-state index in [4.69, 9.17) is 0 Å². The van der Waals surface area contributed by atoms with Crippen LogP contribution in [0, 0.1) is 6.92 Å². The molecule has 14 heavy (non-hydrogen) atoms. The maximum absolute atomic E-state index is 4.38. The zero-order chi connectivity index (χ0) is 10.3. The van der Waals surface area contributed by atoms with E-state index in [0.717, 1.165) is 11.3 Å². The Morgan fingerprint density at radius 3 is 2.57 bits per heavy atom. The Kier molecular flexibility index (Phi) is 1.84. The van der Waals surface area contributed by atoms with Crippen LogP contribution in [-0.2, 0) is 5.41 Å². The molecule has 3 heteroatoms. The summed E-state index contributed by atoms with van der Waals surface area (Å²) < 4.78 is 0. The summed E-state index contributed by atoms with van der Waals surface area (Å²) in [5.41, 5.74) is 3.32. The third-order valence-electron chi connectivity index (χ3n) is 2.38. The Labute approximate surface area is 83.6 Å². The average Bonchev–Trinajstić information content (AvgIpc) is 2.46. The number of nitrogens with one attached hydrogen (secondary N) is 1. The van der Waals surface area contributed by atoms with Crippen LogP contribution >= 0.6 is 0 Å². The Morgan fingerprint density at radius 2 is 1.93 bits per heavy atom. The van der Waals surface area contributed by atoms with Crippen LogP contribution in [0.15, 0.2) is 12.5 Å². The first-order chi connectivity index (χ1) is 6.50. The molecular formula is C11H15N3. The summed E-state index contributed by atoms with van der Waals surface area (Å²) in [4.78, 5) is 11.7. The number of rotatable bonds is 0. The maximum atomic E-state index is 4.38. The van der Waals surface area contributed by atoms with Crippen LogP contribution in [0.2, 0.25) is 0 Å². The fourth-order valence-corrected chi connectivity index (χ4v) is 1.69. The van der Waals surface area contributed by atoms with Gasteiger partial charge >= 0.3 is 0 Å². The Morgan fingerprint density at radius 1 is 1.21 bits per heavy atom. The van der Waals surface area contributed by atoms with Gasteiger partial charge in [-0.15, -0.1) is 0 Å². The van der Waals surface area contributed by atoms with E-state index in [0.29, 0.717) is 0 Å². The quantitative estimate of drug-likeness (QED) is 0.692. The minimum absolute atomic E-state index is 0.0636. The van der Waals surface area contributed by atoms with Crippen molar-refractivity contribution in [3.05, 3.63) is 23.8 Å². The highest BCUT2D eigenvalue weighted by molar-refractivity contribution is 5.82. The maximum Gasteiger partial charge on any atom is 0.141 e. The average molecular weight is 189 g/mol. The molecular weight excluding hydrogens is 174 g/mol. The van der Waals surface area contributed by atoms with Crippen LogP contribution in [0.3, 0.4) is 0 Å². The fourth-order valence-electron chi connectivity index (χ4n) is 1.69. The Hall–Kier alpha value is -1.38.